The molecule has 0 bridgehead atoms. The normalized spacial score (nSPS) is 22.4. The molecule has 1 fully saturated rings. The lowest BCUT2D eigenvalue weighted by Gasteiger charge is -2.11. The average molecular weight is 281 g/mol. The molecule has 112 valence electrons. The lowest BCUT2D eigenvalue weighted by atomic mass is 10.2. The number of rotatable bonds is 5. The van der Waals surface area contributed by atoms with E-state index in [1.165, 1.54) is 0 Å². The first-order chi connectivity index (χ1) is 9.47. The number of esters is 1. The van der Waals surface area contributed by atoms with Crippen molar-refractivity contribution in [1.29, 1.82) is 0 Å². The van der Waals surface area contributed by atoms with Crippen molar-refractivity contribution in [3.8, 4) is 0 Å². The SMILES string of the molecule is Cc1c(C(=O)OCC(C)C)nnn1CC1CCC(C)O1. The minimum atomic E-state index is -0.400. The van der Waals surface area contributed by atoms with Crippen LogP contribution in [-0.4, -0.2) is 39.8 Å². The standard InChI is InChI=1S/C14H23N3O3/c1-9(2)8-19-14(18)13-11(4)17(16-15-13)7-12-6-5-10(3)20-12/h9-10,12H,5-8H2,1-4H3. The first-order valence-corrected chi connectivity index (χ1v) is 7.20. The number of nitrogens with zero attached hydrogens (tertiary/aromatic N) is 3. The molecule has 2 atom stereocenters. The maximum atomic E-state index is 11.9. The summed E-state index contributed by atoms with van der Waals surface area (Å²) in [5.74, 6) is -0.0918. The quantitative estimate of drug-likeness (QED) is 0.772. The Morgan fingerprint density at radius 3 is 2.85 bits per heavy atom. The van der Waals surface area contributed by atoms with Crippen LogP contribution in [0.3, 0.4) is 0 Å². The van der Waals surface area contributed by atoms with Gasteiger partial charge in [-0.2, -0.15) is 0 Å². The van der Waals surface area contributed by atoms with Crippen LogP contribution in [0.5, 0.6) is 0 Å². The molecule has 2 rings (SSSR count). The van der Waals surface area contributed by atoms with Crippen molar-refractivity contribution in [1.82, 2.24) is 15.0 Å². The predicted molar refractivity (Wildman–Crippen MR) is 73.4 cm³/mol. The van der Waals surface area contributed by atoms with Crippen LogP contribution >= 0.6 is 0 Å². The minimum absolute atomic E-state index is 0.157. The second-order valence-electron chi connectivity index (χ2n) is 5.84. The van der Waals surface area contributed by atoms with E-state index in [0.29, 0.717) is 30.9 Å². The Hall–Kier alpha value is -1.43. The highest BCUT2D eigenvalue weighted by molar-refractivity contribution is 5.88. The molecule has 20 heavy (non-hydrogen) atoms. The Balaban J connectivity index is 1.97. The molecule has 1 aromatic rings. The molecular formula is C14H23N3O3. The molecular weight excluding hydrogens is 258 g/mol. The zero-order valence-electron chi connectivity index (χ0n) is 12.6. The smallest absolute Gasteiger partial charge is 0.360 e. The summed E-state index contributed by atoms with van der Waals surface area (Å²) in [7, 11) is 0. The van der Waals surface area contributed by atoms with Gasteiger partial charge in [-0.1, -0.05) is 19.1 Å². The molecule has 6 nitrogen and oxygen atoms in total. The van der Waals surface area contributed by atoms with E-state index in [1.54, 1.807) is 4.68 Å². The van der Waals surface area contributed by atoms with Crippen molar-refractivity contribution < 1.29 is 14.3 Å². The van der Waals surface area contributed by atoms with E-state index >= 15 is 0 Å². The lowest BCUT2D eigenvalue weighted by molar-refractivity contribution is 0.0423. The summed E-state index contributed by atoms with van der Waals surface area (Å²) in [6.45, 7) is 8.94. The van der Waals surface area contributed by atoms with E-state index in [1.807, 2.05) is 20.8 Å². The molecule has 0 aromatic carbocycles. The van der Waals surface area contributed by atoms with Gasteiger partial charge in [-0.15, -0.1) is 5.10 Å². The zero-order valence-corrected chi connectivity index (χ0v) is 12.6. The van der Waals surface area contributed by atoms with Crippen LogP contribution in [-0.2, 0) is 16.0 Å². The average Bonchev–Trinajstić information content (AvgIpc) is 2.95. The number of carbonyl (C=O) groups excluding carboxylic acids is 1. The largest absolute Gasteiger partial charge is 0.461 e. The van der Waals surface area contributed by atoms with E-state index in [4.69, 9.17) is 9.47 Å². The molecule has 0 amide bonds. The van der Waals surface area contributed by atoms with Crippen LogP contribution in [0.1, 0.15) is 49.8 Å². The topological polar surface area (TPSA) is 66.2 Å². The second-order valence-corrected chi connectivity index (χ2v) is 5.84. The monoisotopic (exact) mass is 281 g/mol. The zero-order chi connectivity index (χ0) is 14.7. The molecule has 2 heterocycles. The molecule has 0 N–H and O–H groups in total. The van der Waals surface area contributed by atoms with Gasteiger partial charge in [0.2, 0.25) is 0 Å². The Labute approximate surface area is 119 Å². The Bertz CT molecular complexity index is 470. The lowest BCUT2D eigenvalue weighted by Crippen LogP contribution is -2.19. The number of hydrogen-bond acceptors (Lipinski definition) is 5. The fourth-order valence-corrected chi connectivity index (χ4v) is 2.25. The highest BCUT2D eigenvalue weighted by Gasteiger charge is 2.25. The first-order valence-electron chi connectivity index (χ1n) is 7.20. The summed E-state index contributed by atoms with van der Waals surface area (Å²) in [5.41, 5.74) is 1.04. The molecule has 1 aliphatic heterocycles. The summed E-state index contributed by atoms with van der Waals surface area (Å²) in [6, 6.07) is 0. The van der Waals surface area contributed by atoms with E-state index in [9.17, 15) is 4.79 Å². The van der Waals surface area contributed by atoms with Crippen LogP contribution in [0, 0.1) is 12.8 Å². The maximum Gasteiger partial charge on any atom is 0.360 e. The van der Waals surface area contributed by atoms with Gasteiger partial charge >= 0.3 is 5.97 Å². The van der Waals surface area contributed by atoms with Crippen LogP contribution in [0.4, 0.5) is 0 Å². The van der Waals surface area contributed by atoms with Crippen molar-refractivity contribution in [2.45, 2.75) is 59.3 Å². The van der Waals surface area contributed by atoms with Gasteiger partial charge in [0.25, 0.3) is 0 Å². The van der Waals surface area contributed by atoms with E-state index < -0.39 is 5.97 Å². The molecule has 2 unspecified atom stereocenters. The Morgan fingerprint density at radius 1 is 1.50 bits per heavy atom. The van der Waals surface area contributed by atoms with Crippen LogP contribution < -0.4 is 0 Å². The molecule has 0 radical (unpaired) electrons. The molecule has 6 heteroatoms. The highest BCUT2D eigenvalue weighted by atomic mass is 16.5. The second kappa shape index (κ2) is 6.35. The van der Waals surface area contributed by atoms with E-state index in [0.717, 1.165) is 18.5 Å². The number of ether oxygens (including phenoxy) is 2. The highest BCUT2D eigenvalue weighted by Crippen LogP contribution is 2.21. The Kier molecular flexibility index (Phi) is 4.75. The molecule has 1 saturated heterocycles. The minimum Gasteiger partial charge on any atom is -0.461 e. The Morgan fingerprint density at radius 2 is 2.25 bits per heavy atom. The first kappa shape index (κ1) is 15.0. The summed E-state index contributed by atoms with van der Waals surface area (Å²) >= 11 is 0. The van der Waals surface area contributed by atoms with E-state index in [-0.39, 0.29) is 6.10 Å². The number of aromatic nitrogens is 3. The van der Waals surface area contributed by atoms with Crippen LogP contribution in [0.15, 0.2) is 0 Å². The molecule has 0 saturated carbocycles. The van der Waals surface area contributed by atoms with Crippen LogP contribution in [0.25, 0.3) is 0 Å². The fourth-order valence-electron chi connectivity index (χ4n) is 2.25. The summed E-state index contributed by atoms with van der Waals surface area (Å²) in [6.07, 6.45) is 2.55. The van der Waals surface area contributed by atoms with Gasteiger partial charge < -0.3 is 9.47 Å². The molecule has 1 aromatic heterocycles. The van der Waals surface area contributed by atoms with Crippen molar-refractivity contribution in [2.75, 3.05) is 6.61 Å². The third kappa shape index (κ3) is 3.56. The van der Waals surface area contributed by atoms with Crippen molar-refractivity contribution in [3.05, 3.63) is 11.4 Å². The third-order valence-electron chi connectivity index (χ3n) is 3.42. The van der Waals surface area contributed by atoms with Crippen molar-refractivity contribution >= 4 is 5.97 Å². The summed E-state index contributed by atoms with van der Waals surface area (Å²) in [4.78, 5) is 11.9. The van der Waals surface area contributed by atoms with Gasteiger partial charge in [-0.05, 0) is 32.6 Å². The van der Waals surface area contributed by atoms with Crippen molar-refractivity contribution in [3.63, 3.8) is 0 Å². The van der Waals surface area contributed by atoms with Crippen molar-refractivity contribution in [2.24, 2.45) is 5.92 Å². The van der Waals surface area contributed by atoms with Gasteiger partial charge in [-0.3, -0.25) is 0 Å². The van der Waals surface area contributed by atoms with Gasteiger partial charge in [-0.25, -0.2) is 9.48 Å². The fraction of sp³-hybridized carbons (Fsp3) is 0.786. The maximum absolute atomic E-state index is 11.9. The third-order valence-corrected chi connectivity index (χ3v) is 3.42. The number of carbonyl (C=O) groups is 1. The summed E-state index contributed by atoms with van der Waals surface area (Å²) < 4.78 is 12.7. The molecule has 0 aliphatic carbocycles. The molecule has 0 spiro atoms. The van der Waals surface area contributed by atoms with Gasteiger partial charge in [0.15, 0.2) is 5.69 Å². The van der Waals surface area contributed by atoms with Crippen LogP contribution in [0.2, 0.25) is 0 Å². The van der Waals surface area contributed by atoms with Gasteiger partial charge in [0, 0.05) is 0 Å². The van der Waals surface area contributed by atoms with Gasteiger partial charge in [0.05, 0.1) is 31.1 Å². The molecule has 1 aliphatic rings. The predicted octanol–water partition coefficient (Wildman–Crippen LogP) is 1.97. The van der Waals surface area contributed by atoms with Gasteiger partial charge in [0.1, 0.15) is 0 Å². The summed E-state index contributed by atoms with van der Waals surface area (Å²) in [5, 5.41) is 7.98. The number of hydrogen-bond donors (Lipinski definition) is 0. The van der Waals surface area contributed by atoms with E-state index in [2.05, 4.69) is 17.2 Å².